The first-order valence-corrected chi connectivity index (χ1v) is 14.1. The molecular weight excluding hydrogens is 537 g/mol. The molecule has 0 spiro atoms. The van der Waals surface area contributed by atoms with E-state index in [-0.39, 0.29) is 30.3 Å². The number of ether oxygens (including phenoxy) is 2. The second kappa shape index (κ2) is 10.7. The van der Waals surface area contributed by atoms with Crippen LogP contribution in [0.4, 0.5) is 18.9 Å². The number of halogens is 3. The number of carbonyl (C=O) groups is 2. The van der Waals surface area contributed by atoms with Gasteiger partial charge in [0, 0.05) is 25.9 Å². The number of sulfonamides is 1. The third kappa shape index (κ3) is 6.84. The van der Waals surface area contributed by atoms with E-state index >= 15 is 0 Å². The molecule has 39 heavy (non-hydrogen) atoms. The van der Waals surface area contributed by atoms with Crippen molar-refractivity contribution < 1.29 is 40.7 Å². The Morgan fingerprint density at radius 3 is 2.51 bits per heavy atom. The van der Waals surface area contributed by atoms with Gasteiger partial charge >= 0.3 is 12.1 Å². The number of fused-ring (bicyclic) bond motifs is 1. The molecule has 2 heterocycles. The number of likely N-dealkylation sites (tertiary alicyclic amines) is 1. The summed E-state index contributed by atoms with van der Waals surface area (Å²) in [5.41, 5.74) is -1.23. The second-order valence-electron chi connectivity index (χ2n) is 10.6. The Kier molecular flexibility index (Phi) is 7.89. The molecule has 12 heteroatoms. The lowest BCUT2D eigenvalue weighted by Crippen LogP contribution is -2.45. The number of hydrogen-bond donors (Lipinski definition) is 0. The van der Waals surface area contributed by atoms with Gasteiger partial charge in [-0.3, -0.25) is 13.9 Å². The molecule has 8 nitrogen and oxygen atoms in total. The fraction of sp³-hybridized carbons (Fsp3) is 0.481. The Morgan fingerprint density at radius 2 is 1.87 bits per heavy atom. The maximum Gasteiger partial charge on any atom is 0.416 e. The number of carbonyl (C=O) groups excluding carboxylic acids is 2. The predicted molar refractivity (Wildman–Crippen MR) is 137 cm³/mol. The van der Waals surface area contributed by atoms with Crippen LogP contribution in [-0.2, 0) is 36.9 Å². The van der Waals surface area contributed by atoms with Crippen LogP contribution in [0.5, 0.6) is 5.75 Å². The molecule has 4 rings (SSSR count). The summed E-state index contributed by atoms with van der Waals surface area (Å²) in [5.74, 6) is -0.284. The molecule has 0 aromatic heterocycles. The first-order chi connectivity index (χ1) is 18.1. The fourth-order valence-corrected chi connectivity index (χ4v) is 6.14. The van der Waals surface area contributed by atoms with E-state index in [1.807, 2.05) is 0 Å². The molecule has 0 saturated carbocycles. The predicted octanol–water partition coefficient (Wildman–Crippen LogP) is 4.56. The van der Waals surface area contributed by atoms with Gasteiger partial charge in [0.1, 0.15) is 17.5 Å². The monoisotopic (exact) mass is 568 g/mol. The van der Waals surface area contributed by atoms with Crippen LogP contribution in [0.3, 0.4) is 0 Å². The van der Waals surface area contributed by atoms with E-state index in [1.165, 1.54) is 12.1 Å². The van der Waals surface area contributed by atoms with E-state index in [0.717, 1.165) is 28.9 Å². The lowest BCUT2D eigenvalue weighted by molar-refractivity contribution is -0.154. The van der Waals surface area contributed by atoms with Gasteiger partial charge in [-0.25, -0.2) is 8.42 Å². The highest BCUT2D eigenvalue weighted by atomic mass is 32.2. The summed E-state index contributed by atoms with van der Waals surface area (Å²) in [4.78, 5) is 25.6. The van der Waals surface area contributed by atoms with Crippen LogP contribution >= 0.6 is 0 Å². The number of hydrogen-bond acceptors (Lipinski definition) is 6. The number of esters is 1. The van der Waals surface area contributed by atoms with Gasteiger partial charge in [-0.15, -0.1) is 0 Å². The van der Waals surface area contributed by atoms with Crippen molar-refractivity contribution in [2.45, 2.75) is 69.2 Å². The molecule has 1 saturated heterocycles. The molecular formula is C27H31F3N2O6S. The van der Waals surface area contributed by atoms with Gasteiger partial charge in [0.25, 0.3) is 10.0 Å². The molecule has 0 radical (unpaired) electrons. The number of amides is 1. The number of anilines is 1. The van der Waals surface area contributed by atoms with E-state index < -0.39 is 44.3 Å². The van der Waals surface area contributed by atoms with Gasteiger partial charge < -0.3 is 14.4 Å². The van der Waals surface area contributed by atoms with Crippen molar-refractivity contribution in [3.05, 3.63) is 53.6 Å². The van der Waals surface area contributed by atoms with Gasteiger partial charge in [-0.2, -0.15) is 13.2 Å². The number of rotatable bonds is 7. The molecule has 0 N–H and O–H groups in total. The SMILES string of the molecule is CC(C)(C)OC(=O)Cc1ccc2c(c1)N(S(=O)(=O)c1cccc(C(F)(F)F)c1)C[C@H](CCN1CCCC1=O)O2. The van der Waals surface area contributed by atoms with Crippen LogP contribution in [0.15, 0.2) is 47.4 Å². The minimum Gasteiger partial charge on any atom is -0.486 e. The quantitative estimate of drug-likeness (QED) is 0.455. The third-order valence-electron chi connectivity index (χ3n) is 6.37. The first kappa shape index (κ1) is 28.7. The normalized spacial score (nSPS) is 18.1. The standard InChI is InChI=1S/C27H31F3N2O6S/c1-26(2,3)38-25(34)15-18-9-10-23-22(14-18)32(17-20(37-23)11-13-31-12-5-8-24(31)33)39(35,36)21-7-4-6-19(16-21)27(28,29)30/h4,6-7,9-10,14,16,20H,5,8,11-13,15,17H2,1-3H3/t20-/m0/s1. The molecule has 0 unspecified atom stereocenters. The fourth-order valence-electron chi connectivity index (χ4n) is 4.59. The summed E-state index contributed by atoms with van der Waals surface area (Å²) in [7, 11) is -4.46. The van der Waals surface area contributed by atoms with E-state index in [9.17, 15) is 31.2 Å². The second-order valence-corrected chi connectivity index (χ2v) is 12.5. The largest absolute Gasteiger partial charge is 0.486 e. The van der Waals surface area contributed by atoms with E-state index in [0.29, 0.717) is 37.6 Å². The zero-order valence-corrected chi connectivity index (χ0v) is 22.8. The van der Waals surface area contributed by atoms with Gasteiger partial charge in [-0.05, 0) is 63.1 Å². The maximum absolute atomic E-state index is 13.8. The molecule has 2 aromatic carbocycles. The molecule has 1 amide bonds. The van der Waals surface area contributed by atoms with Crippen LogP contribution in [0.25, 0.3) is 0 Å². The molecule has 0 bridgehead atoms. The molecule has 2 aliphatic heterocycles. The molecule has 1 atom stereocenters. The zero-order chi connectivity index (χ0) is 28.6. The Hall–Kier alpha value is -3.28. The highest BCUT2D eigenvalue weighted by molar-refractivity contribution is 7.92. The smallest absolute Gasteiger partial charge is 0.416 e. The first-order valence-electron chi connectivity index (χ1n) is 12.6. The third-order valence-corrected chi connectivity index (χ3v) is 8.14. The van der Waals surface area contributed by atoms with Crippen molar-refractivity contribution in [1.82, 2.24) is 4.90 Å². The average molecular weight is 569 g/mol. The van der Waals surface area contributed by atoms with Gasteiger partial charge in [0.05, 0.1) is 29.1 Å². The Balaban J connectivity index is 1.67. The Bertz CT molecular complexity index is 1350. The Morgan fingerprint density at radius 1 is 1.13 bits per heavy atom. The summed E-state index contributed by atoms with van der Waals surface area (Å²) < 4.78 is 80.1. The van der Waals surface area contributed by atoms with Crippen LogP contribution in [0.1, 0.15) is 51.2 Å². The van der Waals surface area contributed by atoms with Gasteiger partial charge in [-0.1, -0.05) is 12.1 Å². The Labute approximate surface area is 225 Å². The van der Waals surface area contributed by atoms with Crippen LogP contribution in [0, 0.1) is 0 Å². The van der Waals surface area contributed by atoms with Crippen molar-refractivity contribution in [2.24, 2.45) is 0 Å². The number of alkyl halides is 3. The average Bonchev–Trinajstić information content (AvgIpc) is 3.25. The van der Waals surface area contributed by atoms with Crippen molar-refractivity contribution in [1.29, 1.82) is 0 Å². The molecule has 1 fully saturated rings. The zero-order valence-electron chi connectivity index (χ0n) is 22.0. The lowest BCUT2D eigenvalue weighted by atomic mass is 10.1. The van der Waals surface area contributed by atoms with E-state index in [2.05, 4.69) is 0 Å². The molecule has 212 valence electrons. The lowest BCUT2D eigenvalue weighted by Gasteiger charge is -2.36. The van der Waals surface area contributed by atoms with Crippen molar-refractivity contribution in [3.8, 4) is 5.75 Å². The maximum atomic E-state index is 13.8. The highest BCUT2D eigenvalue weighted by Crippen LogP contribution is 2.39. The van der Waals surface area contributed by atoms with Crippen LogP contribution in [0.2, 0.25) is 0 Å². The summed E-state index contributed by atoms with van der Waals surface area (Å²) in [6.07, 6.45) is -3.96. The molecule has 0 aliphatic carbocycles. The molecule has 2 aliphatic rings. The summed E-state index contributed by atoms with van der Waals surface area (Å²) in [5, 5.41) is 0. The van der Waals surface area contributed by atoms with Crippen molar-refractivity contribution in [3.63, 3.8) is 0 Å². The topological polar surface area (TPSA) is 93.2 Å². The number of nitrogens with zero attached hydrogens (tertiary/aromatic N) is 2. The van der Waals surface area contributed by atoms with Gasteiger partial charge in [0.2, 0.25) is 5.91 Å². The van der Waals surface area contributed by atoms with E-state index in [1.54, 1.807) is 31.7 Å². The summed E-state index contributed by atoms with van der Waals surface area (Å²) in [6, 6.07) is 8.20. The van der Waals surface area contributed by atoms with E-state index in [4.69, 9.17) is 9.47 Å². The minimum atomic E-state index is -4.72. The summed E-state index contributed by atoms with van der Waals surface area (Å²) in [6.45, 7) is 5.99. The van der Waals surface area contributed by atoms with Crippen LogP contribution in [-0.4, -0.2) is 56.5 Å². The summed E-state index contributed by atoms with van der Waals surface area (Å²) >= 11 is 0. The van der Waals surface area contributed by atoms with Gasteiger partial charge in [0.15, 0.2) is 0 Å². The van der Waals surface area contributed by atoms with Crippen molar-refractivity contribution >= 4 is 27.6 Å². The minimum absolute atomic E-state index is 0.0198. The highest BCUT2D eigenvalue weighted by Gasteiger charge is 2.37. The van der Waals surface area contributed by atoms with Crippen molar-refractivity contribution in [2.75, 3.05) is 23.9 Å². The number of benzene rings is 2. The molecule has 2 aromatic rings. The van der Waals surface area contributed by atoms with Crippen LogP contribution < -0.4 is 9.04 Å².